The van der Waals surface area contributed by atoms with Crippen LogP contribution < -0.4 is 10.1 Å². The summed E-state index contributed by atoms with van der Waals surface area (Å²) >= 11 is 0. The molecule has 0 aliphatic carbocycles. The van der Waals surface area contributed by atoms with Crippen molar-refractivity contribution in [1.82, 2.24) is 5.32 Å². The van der Waals surface area contributed by atoms with Crippen molar-refractivity contribution in [3.8, 4) is 5.75 Å². The van der Waals surface area contributed by atoms with E-state index in [1.54, 1.807) is 0 Å². The second kappa shape index (κ2) is 2.76. The molecule has 0 atom stereocenters. The number of fused-ring (bicyclic) bond motifs is 1. The molecule has 1 amide bonds. The molecule has 68 valence electrons. The van der Waals surface area contributed by atoms with Crippen LogP contribution in [0.2, 0.25) is 0 Å². The molecule has 1 heterocycles. The molecule has 0 saturated carbocycles. The number of hydrogen-bond donors (Lipinski definition) is 1. The summed E-state index contributed by atoms with van der Waals surface area (Å²) in [4.78, 5) is 10.9. The van der Waals surface area contributed by atoms with E-state index in [0.29, 0.717) is 12.3 Å². The number of benzene rings is 1. The quantitative estimate of drug-likeness (QED) is 0.657. The summed E-state index contributed by atoms with van der Waals surface area (Å²) in [6.07, 6.45) is -0.362. The summed E-state index contributed by atoms with van der Waals surface area (Å²) in [6, 6.07) is 4.04. The van der Waals surface area contributed by atoms with Crippen LogP contribution in [0, 0.1) is 13.8 Å². The monoisotopic (exact) mass is 177 g/mol. The van der Waals surface area contributed by atoms with Crippen LogP contribution in [0.15, 0.2) is 12.1 Å². The lowest BCUT2D eigenvalue weighted by molar-refractivity contribution is 0.194. The van der Waals surface area contributed by atoms with E-state index < -0.39 is 0 Å². The molecule has 0 bridgehead atoms. The molecular formula is C10H11NO2. The van der Waals surface area contributed by atoms with E-state index in [-0.39, 0.29) is 6.09 Å². The maximum Gasteiger partial charge on any atom is 0.412 e. The van der Waals surface area contributed by atoms with Crippen LogP contribution in [-0.2, 0) is 6.54 Å². The van der Waals surface area contributed by atoms with Crippen molar-refractivity contribution in [1.29, 1.82) is 0 Å². The second-order valence-corrected chi connectivity index (χ2v) is 3.31. The maximum atomic E-state index is 10.9. The van der Waals surface area contributed by atoms with Crippen molar-refractivity contribution in [2.75, 3.05) is 0 Å². The largest absolute Gasteiger partial charge is 0.412 e. The number of nitrogens with one attached hydrogen (secondary N) is 1. The Morgan fingerprint density at radius 3 is 2.92 bits per heavy atom. The van der Waals surface area contributed by atoms with Gasteiger partial charge in [-0.1, -0.05) is 17.7 Å². The number of carbonyl (C=O) groups is 1. The molecule has 2 rings (SSSR count). The van der Waals surface area contributed by atoms with Gasteiger partial charge < -0.3 is 10.1 Å². The minimum atomic E-state index is -0.362. The molecule has 0 aromatic heterocycles. The van der Waals surface area contributed by atoms with E-state index in [1.807, 2.05) is 26.0 Å². The Bertz CT molecular complexity index is 371. The van der Waals surface area contributed by atoms with Crippen molar-refractivity contribution < 1.29 is 9.53 Å². The van der Waals surface area contributed by atoms with Crippen LogP contribution in [0.5, 0.6) is 5.75 Å². The van der Waals surface area contributed by atoms with Crippen molar-refractivity contribution in [2.45, 2.75) is 20.4 Å². The second-order valence-electron chi connectivity index (χ2n) is 3.31. The molecule has 0 fully saturated rings. The highest BCUT2D eigenvalue weighted by atomic mass is 16.6. The fourth-order valence-electron chi connectivity index (χ4n) is 1.62. The molecule has 0 saturated heterocycles. The van der Waals surface area contributed by atoms with Gasteiger partial charge in [0.05, 0.1) is 0 Å². The van der Waals surface area contributed by atoms with Gasteiger partial charge in [0.1, 0.15) is 5.75 Å². The van der Waals surface area contributed by atoms with Gasteiger partial charge in [0.15, 0.2) is 0 Å². The Morgan fingerprint density at radius 2 is 2.15 bits per heavy atom. The molecular weight excluding hydrogens is 166 g/mol. The third-order valence-corrected chi connectivity index (χ3v) is 2.11. The van der Waals surface area contributed by atoms with Crippen molar-refractivity contribution in [3.05, 3.63) is 28.8 Å². The van der Waals surface area contributed by atoms with Crippen LogP contribution in [-0.4, -0.2) is 6.09 Å². The fraction of sp³-hybridized carbons (Fsp3) is 0.300. The zero-order valence-corrected chi connectivity index (χ0v) is 7.68. The third kappa shape index (κ3) is 1.37. The maximum absolute atomic E-state index is 10.9. The number of amides is 1. The molecule has 1 aromatic carbocycles. The summed E-state index contributed by atoms with van der Waals surface area (Å²) in [5, 5.41) is 2.63. The lowest BCUT2D eigenvalue weighted by Gasteiger charge is -2.19. The summed E-state index contributed by atoms with van der Waals surface area (Å²) in [7, 11) is 0. The molecule has 3 heteroatoms. The van der Waals surface area contributed by atoms with Crippen LogP contribution in [0.3, 0.4) is 0 Å². The Balaban J connectivity index is 2.53. The van der Waals surface area contributed by atoms with E-state index in [9.17, 15) is 4.79 Å². The van der Waals surface area contributed by atoms with Gasteiger partial charge in [-0.15, -0.1) is 0 Å². The van der Waals surface area contributed by atoms with Crippen LogP contribution >= 0.6 is 0 Å². The van der Waals surface area contributed by atoms with E-state index >= 15 is 0 Å². The normalized spacial score (nSPS) is 14.5. The molecule has 0 radical (unpaired) electrons. The first-order valence-corrected chi connectivity index (χ1v) is 4.22. The highest BCUT2D eigenvalue weighted by Crippen LogP contribution is 2.27. The molecule has 1 aromatic rings. The predicted octanol–water partition coefficient (Wildman–Crippen LogP) is 1.91. The average molecular weight is 177 g/mol. The highest BCUT2D eigenvalue weighted by Gasteiger charge is 2.17. The Labute approximate surface area is 76.7 Å². The molecule has 0 unspecified atom stereocenters. The summed E-state index contributed by atoms with van der Waals surface area (Å²) in [5.74, 6) is 0.717. The van der Waals surface area contributed by atoms with Crippen LogP contribution in [0.4, 0.5) is 4.79 Å². The minimum Gasteiger partial charge on any atom is -0.410 e. The summed E-state index contributed by atoms with van der Waals surface area (Å²) < 4.78 is 5.07. The zero-order chi connectivity index (χ0) is 9.42. The van der Waals surface area contributed by atoms with Gasteiger partial charge in [0.2, 0.25) is 0 Å². The Morgan fingerprint density at radius 1 is 1.38 bits per heavy atom. The third-order valence-electron chi connectivity index (χ3n) is 2.11. The van der Waals surface area contributed by atoms with Crippen molar-refractivity contribution >= 4 is 6.09 Å². The first kappa shape index (κ1) is 8.10. The highest BCUT2D eigenvalue weighted by molar-refractivity contribution is 5.73. The first-order chi connectivity index (χ1) is 6.16. The standard InChI is InChI=1S/C10H11NO2/c1-6-3-7(2)9-8(4-6)5-11-10(12)13-9/h3-4H,5H2,1-2H3,(H,11,12). The number of ether oxygens (including phenoxy) is 1. The Hall–Kier alpha value is -1.51. The molecule has 1 N–H and O–H groups in total. The van der Waals surface area contributed by atoms with Gasteiger partial charge in [0, 0.05) is 12.1 Å². The van der Waals surface area contributed by atoms with Gasteiger partial charge >= 0.3 is 6.09 Å². The topological polar surface area (TPSA) is 38.3 Å². The van der Waals surface area contributed by atoms with Crippen LogP contribution in [0.25, 0.3) is 0 Å². The number of hydrogen-bond acceptors (Lipinski definition) is 2. The van der Waals surface area contributed by atoms with Gasteiger partial charge in [-0.05, 0) is 19.4 Å². The van der Waals surface area contributed by atoms with E-state index in [4.69, 9.17) is 4.74 Å². The lowest BCUT2D eigenvalue weighted by atomic mass is 10.0. The van der Waals surface area contributed by atoms with E-state index in [2.05, 4.69) is 5.32 Å². The summed E-state index contributed by atoms with van der Waals surface area (Å²) in [6.45, 7) is 4.55. The number of aryl methyl sites for hydroxylation is 2. The predicted molar refractivity (Wildman–Crippen MR) is 48.8 cm³/mol. The van der Waals surface area contributed by atoms with Gasteiger partial charge in [-0.3, -0.25) is 0 Å². The van der Waals surface area contributed by atoms with Gasteiger partial charge in [0.25, 0.3) is 0 Å². The molecule has 1 aliphatic heterocycles. The SMILES string of the molecule is Cc1cc(C)c2c(c1)CNC(=O)O2. The van der Waals surface area contributed by atoms with Crippen molar-refractivity contribution in [3.63, 3.8) is 0 Å². The minimum absolute atomic E-state index is 0.362. The number of rotatable bonds is 0. The molecule has 3 nitrogen and oxygen atoms in total. The van der Waals surface area contributed by atoms with E-state index in [1.165, 1.54) is 5.56 Å². The smallest absolute Gasteiger partial charge is 0.410 e. The first-order valence-electron chi connectivity index (χ1n) is 4.22. The van der Waals surface area contributed by atoms with Crippen molar-refractivity contribution in [2.24, 2.45) is 0 Å². The summed E-state index contributed by atoms with van der Waals surface area (Å²) in [5.41, 5.74) is 3.26. The lowest BCUT2D eigenvalue weighted by Crippen LogP contribution is -2.31. The van der Waals surface area contributed by atoms with Crippen LogP contribution in [0.1, 0.15) is 16.7 Å². The van der Waals surface area contributed by atoms with Gasteiger partial charge in [-0.25, -0.2) is 4.79 Å². The zero-order valence-electron chi connectivity index (χ0n) is 7.68. The Kier molecular flexibility index (Phi) is 1.72. The average Bonchev–Trinajstić information content (AvgIpc) is 2.06. The fourth-order valence-corrected chi connectivity index (χ4v) is 1.62. The molecule has 13 heavy (non-hydrogen) atoms. The van der Waals surface area contributed by atoms with E-state index in [0.717, 1.165) is 11.1 Å². The molecule has 0 spiro atoms. The molecule has 1 aliphatic rings. The number of carbonyl (C=O) groups excluding carboxylic acids is 1. The van der Waals surface area contributed by atoms with Gasteiger partial charge in [-0.2, -0.15) is 0 Å².